The van der Waals surface area contributed by atoms with Gasteiger partial charge in [-0.1, -0.05) is 12.2 Å². The summed E-state index contributed by atoms with van der Waals surface area (Å²) in [5, 5.41) is 2.96. The third-order valence-electron chi connectivity index (χ3n) is 3.57. The molecule has 1 heterocycles. The Bertz CT molecular complexity index is 480. The standard InChI is InChI=1S/C14H17N3O/c18-14(11-4-2-1-3-5-11)17-13-12(10-6-7-10)15-8-9-16-13/h1-2,8-11H,3-7H2,(H,16,17,18). The minimum Gasteiger partial charge on any atom is -0.309 e. The van der Waals surface area contributed by atoms with Crippen LogP contribution in [0.5, 0.6) is 0 Å². The second kappa shape index (κ2) is 4.88. The summed E-state index contributed by atoms with van der Waals surface area (Å²) in [6.45, 7) is 0. The molecule has 3 rings (SSSR count). The number of carbonyl (C=O) groups excluding carboxylic acids is 1. The largest absolute Gasteiger partial charge is 0.309 e. The van der Waals surface area contributed by atoms with Gasteiger partial charge in [-0.15, -0.1) is 0 Å². The van der Waals surface area contributed by atoms with E-state index in [1.807, 2.05) is 0 Å². The van der Waals surface area contributed by atoms with E-state index >= 15 is 0 Å². The molecule has 2 aliphatic carbocycles. The molecule has 1 fully saturated rings. The fourth-order valence-corrected chi connectivity index (χ4v) is 2.35. The molecule has 4 heteroatoms. The number of nitrogens with zero attached hydrogens (tertiary/aromatic N) is 2. The molecule has 0 aromatic carbocycles. The third kappa shape index (κ3) is 2.42. The summed E-state index contributed by atoms with van der Waals surface area (Å²) in [7, 11) is 0. The van der Waals surface area contributed by atoms with Gasteiger partial charge in [0.25, 0.3) is 0 Å². The molecule has 4 nitrogen and oxygen atoms in total. The molecule has 0 aliphatic heterocycles. The Kier molecular flexibility index (Phi) is 3.09. The summed E-state index contributed by atoms with van der Waals surface area (Å²) in [6, 6.07) is 0. The zero-order valence-corrected chi connectivity index (χ0v) is 10.3. The minimum absolute atomic E-state index is 0.0850. The van der Waals surface area contributed by atoms with Crippen molar-refractivity contribution < 1.29 is 4.79 Å². The van der Waals surface area contributed by atoms with Gasteiger partial charge in [0.15, 0.2) is 5.82 Å². The van der Waals surface area contributed by atoms with Gasteiger partial charge in [0.05, 0.1) is 5.69 Å². The molecule has 1 saturated carbocycles. The fraction of sp³-hybridized carbons (Fsp3) is 0.500. The lowest BCUT2D eigenvalue weighted by Gasteiger charge is -2.17. The van der Waals surface area contributed by atoms with E-state index in [1.165, 1.54) is 0 Å². The van der Waals surface area contributed by atoms with Crippen LogP contribution in [0.25, 0.3) is 0 Å². The molecule has 1 aromatic heterocycles. The van der Waals surface area contributed by atoms with Gasteiger partial charge in [-0.25, -0.2) is 4.98 Å². The van der Waals surface area contributed by atoms with Crippen LogP contribution in [0.4, 0.5) is 5.82 Å². The summed E-state index contributed by atoms with van der Waals surface area (Å²) in [5.41, 5.74) is 0.956. The van der Waals surface area contributed by atoms with Crippen molar-refractivity contribution in [2.24, 2.45) is 5.92 Å². The van der Waals surface area contributed by atoms with E-state index in [0.29, 0.717) is 11.7 Å². The number of hydrogen-bond donors (Lipinski definition) is 1. The van der Waals surface area contributed by atoms with E-state index < -0.39 is 0 Å². The van der Waals surface area contributed by atoms with Crippen LogP contribution in [0.15, 0.2) is 24.5 Å². The number of aromatic nitrogens is 2. The quantitative estimate of drug-likeness (QED) is 0.830. The number of allylic oxidation sites excluding steroid dienone is 2. The predicted octanol–water partition coefficient (Wildman–Crippen LogP) is 2.65. The molecule has 0 saturated heterocycles. The van der Waals surface area contributed by atoms with E-state index in [4.69, 9.17) is 0 Å². The molecule has 1 amide bonds. The van der Waals surface area contributed by atoms with Crippen molar-refractivity contribution in [3.63, 3.8) is 0 Å². The highest BCUT2D eigenvalue weighted by atomic mass is 16.1. The molecule has 0 bridgehead atoms. The Balaban J connectivity index is 1.71. The molecule has 94 valence electrons. The van der Waals surface area contributed by atoms with Crippen molar-refractivity contribution in [1.82, 2.24) is 9.97 Å². The van der Waals surface area contributed by atoms with Gasteiger partial charge in [-0.05, 0) is 32.1 Å². The Labute approximate surface area is 107 Å². The molecule has 0 spiro atoms. The SMILES string of the molecule is O=C(Nc1nccnc1C1CC1)C1CC=CCC1. The van der Waals surface area contributed by atoms with Gasteiger partial charge in [-0.3, -0.25) is 9.78 Å². The van der Waals surface area contributed by atoms with Crippen molar-refractivity contribution >= 4 is 11.7 Å². The van der Waals surface area contributed by atoms with Crippen molar-refractivity contribution in [2.75, 3.05) is 5.32 Å². The number of hydrogen-bond acceptors (Lipinski definition) is 3. The number of anilines is 1. The van der Waals surface area contributed by atoms with E-state index in [2.05, 4.69) is 27.4 Å². The summed E-state index contributed by atoms with van der Waals surface area (Å²) in [5.74, 6) is 1.34. The van der Waals surface area contributed by atoms with Crippen molar-refractivity contribution in [2.45, 2.75) is 38.0 Å². The van der Waals surface area contributed by atoms with Crippen LogP contribution in [0.1, 0.15) is 43.7 Å². The average molecular weight is 243 g/mol. The Hall–Kier alpha value is -1.71. The van der Waals surface area contributed by atoms with E-state index in [0.717, 1.165) is 37.8 Å². The second-order valence-electron chi connectivity index (χ2n) is 5.04. The smallest absolute Gasteiger partial charge is 0.229 e. The molecule has 1 N–H and O–H groups in total. The predicted molar refractivity (Wildman–Crippen MR) is 69.1 cm³/mol. The topological polar surface area (TPSA) is 54.9 Å². The number of nitrogens with one attached hydrogen (secondary N) is 1. The summed E-state index contributed by atoms with van der Waals surface area (Å²) >= 11 is 0. The molecule has 1 atom stereocenters. The highest BCUT2D eigenvalue weighted by molar-refractivity contribution is 5.92. The van der Waals surface area contributed by atoms with E-state index in [9.17, 15) is 4.79 Å². The number of carbonyl (C=O) groups is 1. The zero-order valence-electron chi connectivity index (χ0n) is 10.3. The first-order valence-electron chi connectivity index (χ1n) is 6.61. The summed E-state index contributed by atoms with van der Waals surface area (Å²) < 4.78 is 0. The van der Waals surface area contributed by atoms with E-state index in [1.54, 1.807) is 12.4 Å². The van der Waals surface area contributed by atoms with Crippen LogP contribution in [0.2, 0.25) is 0 Å². The normalized spacial score (nSPS) is 22.8. The van der Waals surface area contributed by atoms with Crippen LogP contribution in [0, 0.1) is 5.92 Å². The van der Waals surface area contributed by atoms with Crippen LogP contribution in [-0.2, 0) is 4.79 Å². The molecule has 2 aliphatic rings. The molecule has 1 unspecified atom stereocenters. The average Bonchev–Trinajstić information content (AvgIpc) is 3.25. The molecular formula is C14H17N3O. The summed E-state index contributed by atoms with van der Waals surface area (Å²) in [6.07, 6.45) is 12.7. The zero-order chi connectivity index (χ0) is 12.4. The Morgan fingerprint density at radius 2 is 2.00 bits per heavy atom. The Morgan fingerprint density at radius 1 is 1.17 bits per heavy atom. The molecule has 1 aromatic rings. The van der Waals surface area contributed by atoms with Crippen molar-refractivity contribution in [3.8, 4) is 0 Å². The lowest BCUT2D eigenvalue weighted by atomic mass is 9.94. The molecule has 0 radical (unpaired) electrons. The first-order chi connectivity index (χ1) is 8.84. The van der Waals surface area contributed by atoms with Crippen LogP contribution < -0.4 is 5.32 Å². The first kappa shape index (κ1) is 11.4. The number of rotatable bonds is 3. The Morgan fingerprint density at radius 3 is 2.72 bits per heavy atom. The van der Waals surface area contributed by atoms with Crippen LogP contribution in [-0.4, -0.2) is 15.9 Å². The van der Waals surface area contributed by atoms with Gasteiger partial charge in [-0.2, -0.15) is 0 Å². The van der Waals surface area contributed by atoms with Gasteiger partial charge < -0.3 is 5.32 Å². The van der Waals surface area contributed by atoms with Crippen molar-refractivity contribution in [1.29, 1.82) is 0 Å². The van der Waals surface area contributed by atoms with Gasteiger partial charge >= 0.3 is 0 Å². The first-order valence-corrected chi connectivity index (χ1v) is 6.61. The molecule has 18 heavy (non-hydrogen) atoms. The third-order valence-corrected chi connectivity index (χ3v) is 3.57. The van der Waals surface area contributed by atoms with Crippen LogP contribution in [0.3, 0.4) is 0 Å². The van der Waals surface area contributed by atoms with Gasteiger partial charge in [0.2, 0.25) is 5.91 Å². The second-order valence-corrected chi connectivity index (χ2v) is 5.04. The maximum Gasteiger partial charge on any atom is 0.229 e. The van der Waals surface area contributed by atoms with Gasteiger partial charge in [0, 0.05) is 24.2 Å². The lowest BCUT2D eigenvalue weighted by Crippen LogP contribution is -2.24. The maximum atomic E-state index is 12.1. The monoisotopic (exact) mass is 243 g/mol. The highest BCUT2D eigenvalue weighted by Crippen LogP contribution is 2.41. The van der Waals surface area contributed by atoms with Gasteiger partial charge in [0.1, 0.15) is 0 Å². The maximum absolute atomic E-state index is 12.1. The fourth-order valence-electron chi connectivity index (χ4n) is 2.35. The number of amides is 1. The van der Waals surface area contributed by atoms with Crippen molar-refractivity contribution in [3.05, 3.63) is 30.2 Å². The van der Waals surface area contributed by atoms with Crippen LogP contribution >= 0.6 is 0 Å². The highest BCUT2D eigenvalue weighted by Gasteiger charge is 2.29. The van der Waals surface area contributed by atoms with E-state index in [-0.39, 0.29) is 11.8 Å². The summed E-state index contributed by atoms with van der Waals surface area (Å²) in [4.78, 5) is 20.8. The minimum atomic E-state index is 0.0850. The lowest BCUT2D eigenvalue weighted by molar-refractivity contribution is -0.120. The molecular weight excluding hydrogens is 226 g/mol.